The Hall–Kier alpha value is -1.09. The van der Waals surface area contributed by atoms with E-state index in [4.69, 9.17) is 0 Å². The van der Waals surface area contributed by atoms with Crippen molar-refractivity contribution in [2.45, 2.75) is 64.9 Å². The Balaban J connectivity index is 2.09. The van der Waals surface area contributed by atoms with E-state index in [2.05, 4.69) is 24.7 Å². The SMILES string of the molecule is CC/C(=C\C=C\CC(=O)OC)[C@H]1CC[C@H]2[C@@H](O)CCC[C@]12C. The van der Waals surface area contributed by atoms with E-state index in [1.165, 1.54) is 25.5 Å². The fraction of sp³-hybridized carbons (Fsp3) is 0.737. The van der Waals surface area contributed by atoms with Gasteiger partial charge in [0.1, 0.15) is 0 Å². The monoisotopic (exact) mass is 306 g/mol. The van der Waals surface area contributed by atoms with Crippen molar-refractivity contribution in [3.63, 3.8) is 0 Å². The lowest BCUT2D eigenvalue weighted by Crippen LogP contribution is -2.40. The summed E-state index contributed by atoms with van der Waals surface area (Å²) in [4.78, 5) is 11.1. The van der Waals surface area contributed by atoms with Gasteiger partial charge in [0.2, 0.25) is 0 Å². The molecule has 2 fully saturated rings. The Morgan fingerprint density at radius 3 is 2.82 bits per heavy atom. The van der Waals surface area contributed by atoms with Gasteiger partial charge in [-0.3, -0.25) is 4.79 Å². The molecule has 0 amide bonds. The predicted octanol–water partition coefficient (Wildman–Crippen LogP) is 4.02. The molecule has 2 saturated carbocycles. The van der Waals surface area contributed by atoms with Gasteiger partial charge in [0.25, 0.3) is 0 Å². The molecule has 0 aromatic rings. The van der Waals surface area contributed by atoms with Crippen LogP contribution in [-0.4, -0.2) is 24.3 Å². The summed E-state index contributed by atoms with van der Waals surface area (Å²) in [6.07, 6.45) is 12.9. The van der Waals surface area contributed by atoms with Gasteiger partial charge >= 0.3 is 5.97 Å². The zero-order valence-electron chi connectivity index (χ0n) is 14.2. The van der Waals surface area contributed by atoms with E-state index in [1.807, 2.05) is 12.2 Å². The van der Waals surface area contributed by atoms with Crippen molar-refractivity contribution >= 4 is 5.97 Å². The molecule has 3 heteroatoms. The van der Waals surface area contributed by atoms with E-state index in [1.54, 1.807) is 0 Å². The van der Waals surface area contributed by atoms with Crippen LogP contribution in [0.15, 0.2) is 23.8 Å². The lowest BCUT2D eigenvalue weighted by Gasteiger charge is -2.44. The first-order chi connectivity index (χ1) is 10.5. The molecule has 0 bridgehead atoms. The van der Waals surface area contributed by atoms with Crippen LogP contribution in [0.1, 0.15) is 58.8 Å². The second-order valence-corrected chi connectivity index (χ2v) is 7.01. The van der Waals surface area contributed by atoms with Crippen LogP contribution < -0.4 is 0 Å². The molecule has 0 aromatic carbocycles. The Labute approximate surface area is 134 Å². The van der Waals surface area contributed by atoms with Gasteiger partial charge < -0.3 is 9.84 Å². The van der Waals surface area contributed by atoms with Crippen molar-refractivity contribution in [2.24, 2.45) is 17.3 Å². The number of aliphatic hydroxyl groups is 1. The summed E-state index contributed by atoms with van der Waals surface area (Å²) in [7, 11) is 1.41. The number of fused-ring (bicyclic) bond motifs is 1. The van der Waals surface area contributed by atoms with Crippen molar-refractivity contribution < 1.29 is 14.6 Å². The fourth-order valence-electron chi connectivity index (χ4n) is 4.68. The molecule has 2 aliphatic rings. The number of esters is 1. The van der Waals surface area contributed by atoms with Gasteiger partial charge in [-0.15, -0.1) is 0 Å². The van der Waals surface area contributed by atoms with Gasteiger partial charge in [0.05, 0.1) is 19.6 Å². The van der Waals surface area contributed by atoms with Crippen LogP contribution in [-0.2, 0) is 9.53 Å². The van der Waals surface area contributed by atoms with Crippen LogP contribution >= 0.6 is 0 Å². The lowest BCUT2D eigenvalue weighted by molar-refractivity contribution is -0.139. The third kappa shape index (κ3) is 3.45. The molecular formula is C19H30O3. The van der Waals surface area contributed by atoms with Gasteiger partial charge in [-0.25, -0.2) is 0 Å². The highest BCUT2D eigenvalue weighted by Gasteiger charge is 2.51. The predicted molar refractivity (Wildman–Crippen MR) is 88.3 cm³/mol. The van der Waals surface area contributed by atoms with E-state index >= 15 is 0 Å². The summed E-state index contributed by atoms with van der Waals surface area (Å²) in [5.41, 5.74) is 1.70. The van der Waals surface area contributed by atoms with E-state index in [-0.39, 0.29) is 17.5 Å². The molecule has 2 rings (SSSR count). The summed E-state index contributed by atoms with van der Waals surface area (Å²) in [5, 5.41) is 10.3. The molecule has 124 valence electrons. The highest BCUT2D eigenvalue weighted by Crippen LogP contribution is 2.58. The first-order valence-electron chi connectivity index (χ1n) is 8.63. The second-order valence-electron chi connectivity index (χ2n) is 7.01. The maximum absolute atomic E-state index is 11.1. The first-order valence-corrected chi connectivity index (χ1v) is 8.63. The van der Waals surface area contributed by atoms with Crippen molar-refractivity contribution in [2.75, 3.05) is 7.11 Å². The highest BCUT2D eigenvalue weighted by atomic mass is 16.5. The van der Waals surface area contributed by atoms with Gasteiger partial charge in [0, 0.05) is 0 Å². The van der Waals surface area contributed by atoms with Crippen LogP contribution in [0.25, 0.3) is 0 Å². The molecule has 0 radical (unpaired) electrons. The quantitative estimate of drug-likeness (QED) is 0.616. The number of ether oxygens (including phenoxy) is 1. The summed E-state index contributed by atoms with van der Waals surface area (Å²) < 4.78 is 4.64. The highest BCUT2D eigenvalue weighted by molar-refractivity contribution is 5.70. The maximum atomic E-state index is 11.1. The largest absolute Gasteiger partial charge is 0.469 e. The van der Waals surface area contributed by atoms with Crippen molar-refractivity contribution in [3.05, 3.63) is 23.8 Å². The topological polar surface area (TPSA) is 46.5 Å². The average Bonchev–Trinajstić information content (AvgIpc) is 2.86. The number of carbonyl (C=O) groups is 1. The smallest absolute Gasteiger partial charge is 0.309 e. The lowest BCUT2D eigenvalue weighted by atomic mass is 9.62. The number of aliphatic hydroxyl groups excluding tert-OH is 1. The Morgan fingerprint density at radius 1 is 1.36 bits per heavy atom. The normalized spacial score (nSPS) is 35.6. The maximum Gasteiger partial charge on any atom is 0.309 e. The van der Waals surface area contributed by atoms with E-state index < -0.39 is 0 Å². The zero-order chi connectivity index (χ0) is 16.2. The molecule has 0 unspecified atom stereocenters. The minimum Gasteiger partial charge on any atom is -0.469 e. The number of hydrogen-bond acceptors (Lipinski definition) is 3. The standard InChI is InChI=1S/C19H30O3/c1-4-14(8-5-6-10-18(21)22-3)15-11-12-16-17(20)9-7-13-19(15,16)2/h5-6,8,15-17,20H,4,7,9-13H2,1-3H3/b6-5+,14-8+/t15-,16+,17+,19-/m1/s1. The molecule has 0 aromatic heterocycles. The minimum atomic E-state index is -0.203. The van der Waals surface area contributed by atoms with E-state index in [9.17, 15) is 9.90 Å². The van der Waals surface area contributed by atoms with Crippen molar-refractivity contribution in [1.29, 1.82) is 0 Å². The molecule has 22 heavy (non-hydrogen) atoms. The molecule has 2 aliphatic carbocycles. The number of hydrogen-bond donors (Lipinski definition) is 1. The van der Waals surface area contributed by atoms with Gasteiger partial charge in [-0.1, -0.05) is 44.1 Å². The molecule has 0 saturated heterocycles. The number of allylic oxidation sites excluding steroid dienone is 3. The summed E-state index contributed by atoms with van der Waals surface area (Å²) in [6, 6.07) is 0. The molecule has 0 spiro atoms. The van der Waals surface area contributed by atoms with Gasteiger partial charge in [0.15, 0.2) is 0 Å². The molecule has 4 atom stereocenters. The molecule has 3 nitrogen and oxygen atoms in total. The molecule has 1 N–H and O–H groups in total. The molecular weight excluding hydrogens is 276 g/mol. The fourth-order valence-corrected chi connectivity index (χ4v) is 4.68. The van der Waals surface area contributed by atoms with Gasteiger partial charge in [-0.2, -0.15) is 0 Å². The number of methoxy groups -OCH3 is 1. The van der Waals surface area contributed by atoms with Crippen molar-refractivity contribution in [1.82, 2.24) is 0 Å². The van der Waals surface area contributed by atoms with E-state index in [0.717, 1.165) is 25.7 Å². The van der Waals surface area contributed by atoms with Crippen LogP contribution in [0.3, 0.4) is 0 Å². The Kier molecular flexibility index (Phi) is 5.85. The molecule has 0 aliphatic heterocycles. The number of rotatable bonds is 5. The Morgan fingerprint density at radius 2 is 2.14 bits per heavy atom. The van der Waals surface area contributed by atoms with Crippen LogP contribution in [0.4, 0.5) is 0 Å². The third-order valence-corrected chi connectivity index (χ3v) is 5.90. The van der Waals surface area contributed by atoms with Crippen LogP contribution in [0.2, 0.25) is 0 Å². The Bertz CT molecular complexity index is 452. The zero-order valence-corrected chi connectivity index (χ0v) is 14.2. The minimum absolute atomic E-state index is 0.114. The first kappa shape index (κ1) is 17.3. The summed E-state index contributed by atoms with van der Waals surface area (Å²) >= 11 is 0. The summed E-state index contributed by atoms with van der Waals surface area (Å²) in [5.74, 6) is 0.825. The third-order valence-electron chi connectivity index (χ3n) is 5.90. The second kappa shape index (κ2) is 7.45. The van der Waals surface area contributed by atoms with E-state index in [0.29, 0.717) is 18.3 Å². The van der Waals surface area contributed by atoms with Gasteiger partial charge in [-0.05, 0) is 49.4 Å². The summed E-state index contributed by atoms with van der Waals surface area (Å²) in [6.45, 7) is 4.58. The van der Waals surface area contributed by atoms with Crippen molar-refractivity contribution in [3.8, 4) is 0 Å². The molecule has 0 heterocycles. The van der Waals surface area contributed by atoms with Crippen LogP contribution in [0, 0.1) is 17.3 Å². The number of carbonyl (C=O) groups excluding carboxylic acids is 1. The van der Waals surface area contributed by atoms with Crippen LogP contribution in [0.5, 0.6) is 0 Å². The average molecular weight is 306 g/mol.